The molecular formula is C54H52N4O3Si. The fourth-order valence-corrected chi connectivity index (χ4v) is 14.3. The highest BCUT2D eigenvalue weighted by Gasteiger charge is 2.52. The molecule has 2 N–H and O–H groups in total. The second kappa shape index (κ2) is 17.1. The Kier molecular flexibility index (Phi) is 11.3. The quantitative estimate of drug-likeness (QED) is 0.103. The Morgan fingerprint density at radius 2 is 1.11 bits per heavy atom. The molecule has 0 bridgehead atoms. The van der Waals surface area contributed by atoms with E-state index in [4.69, 9.17) is 14.9 Å². The Morgan fingerprint density at radius 3 is 1.65 bits per heavy atom. The Bertz CT molecular complexity index is 2670. The average molecular weight is 833 g/mol. The standard InChI is InChI=1S/C54H52N4O3Si/c1-53(2,3)62(45-30-15-7-16-31-45,46-32-17-8-18-33-46)60-39-44-36-57(54(41-24-9-4-10-25-41,42-26-11-5-12-27-42)43-28-13-6-14-29-43)38-50(61-44)58-37-49(51(55)56-52(58)59)48-35-21-23-40-22-19-20-34-47(40)48/h4-35,37,44,50H,36,38-39H2,1-3H3,(H2,55,56,59)/t44-,50+/m0/s1. The number of fused-ring (bicyclic) bond motifs is 1. The van der Waals surface area contributed by atoms with E-state index < -0.39 is 31.9 Å². The molecule has 0 aliphatic carbocycles. The van der Waals surface area contributed by atoms with Crippen molar-refractivity contribution in [3.8, 4) is 11.1 Å². The van der Waals surface area contributed by atoms with Crippen molar-refractivity contribution in [3.63, 3.8) is 0 Å². The van der Waals surface area contributed by atoms with Crippen LogP contribution >= 0.6 is 0 Å². The van der Waals surface area contributed by atoms with Gasteiger partial charge >= 0.3 is 5.69 Å². The Labute approximate surface area is 365 Å². The van der Waals surface area contributed by atoms with Gasteiger partial charge in [0.05, 0.1) is 18.2 Å². The Balaban J connectivity index is 1.23. The molecule has 8 heteroatoms. The highest BCUT2D eigenvalue weighted by Crippen LogP contribution is 2.45. The second-order valence-electron chi connectivity index (χ2n) is 17.2. The number of nitrogens with zero attached hydrogens (tertiary/aromatic N) is 3. The summed E-state index contributed by atoms with van der Waals surface area (Å²) in [4.78, 5) is 21.3. The molecule has 310 valence electrons. The molecule has 0 unspecified atom stereocenters. The van der Waals surface area contributed by atoms with Gasteiger partial charge in [-0.3, -0.25) is 9.47 Å². The summed E-state index contributed by atoms with van der Waals surface area (Å²) in [6.45, 7) is 8.00. The van der Waals surface area contributed by atoms with Gasteiger partial charge in [-0.15, -0.1) is 0 Å². The molecule has 7 aromatic carbocycles. The van der Waals surface area contributed by atoms with E-state index in [1.807, 2.05) is 30.5 Å². The lowest BCUT2D eigenvalue weighted by molar-refractivity contribution is -0.149. The molecule has 1 aliphatic rings. The van der Waals surface area contributed by atoms with Crippen molar-refractivity contribution in [3.05, 3.63) is 227 Å². The van der Waals surface area contributed by atoms with E-state index in [2.05, 4.69) is 201 Å². The summed E-state index contributed by atoms with van der Waals surface area (Å²) in [7, 11) is -2.99. The number of rotatable bonds is 11. The van der Waals surface area contributed by atoms with E-state index in [-0.39, 0.29) is 17.5 Å². The van der Waals surface area contributed by atoms with Gasteiger partial charge in [0.1, 0.15) is 5.82 Å². The van der Waals surface area contributed by atoms with Crippen molar-refractivity contribution in [2.24, 2.45) is 0 Å². The molecule has 0 amide bonds. The molecular weight excluding hydrogens is 781 g/mol. The lowest BCUT2D eigenvalue weighted by Crippen LogP contribution is -2.67. The summed E-state index contributed by atoms with van der Waals surface area (Å²) < 4.78 is 16.5. The van der Waals surface area contributed by atoms with Crippen LogP contribution in [0.4, 0.5) is 5.82 Å². The third-order valence-corrected chi connectivity index (χ3v) is 17.5. The molecule has 7 nitrogen and oxygen atoms in total. The van der Waals surface area contributed by atoms with E-state index in [0.29, 0.717) is 18.7 Å². The van der Waals surface area contributed by atoms with Crippen molar-refractivity contribution in [2.75, 3.05) is 25.4 Å². The molecule has 1 aliphatic heterocycles. The molecule has 2 atom stereocenters. The van der Waals surface area contributed by atoms with Gasteiger partial charge in [0.15, 0.2) is 6.23 Å². The molecule has 0 saturated carbocycles. The van der Waals surface area contributed by atoms with Gasteiger partial charge in [0, 0.05) is 24.8 Å². The van der Waals surface area contributed by atoms with Gasteiger partial charge in [-0.1, -0.05) is 215 Å². The predicted molar refractivity (Wildman–Crippen MR) is 254 cm³/mol. The molecule has 1 aromatic heterocycles. The highest BCUT2D eigenvalue weighted by molar-refractivity contribution is 6.99. The molecule has 0 radical (unpaired) electrons. The zero-order chi connectivity index (χ0) is 42.7. The largest absolute Gasteiger partial charge is 0.405 e. The summed E-state index contributed by atoms with van der Waals surface area (Å²) >= 11 is 0. The van der Waals surface area contributed by atoms with Gasteiger partial charge in [-0.05, 0) is 48.4 Å². The van der Waals surface area contributed by atoms with Crippen LogP contribution in [-0.4, -0.2) is 48.6 Å². The van der Waals surface area contributed by atoms with Crippen molar-refractivity contribution in [1.29, 1.82) is 0 Å². The molecule has 9 rings (SSSR count). The number of ether oxygens (including phenoxy) is 1. The minimum absolute atomic E-state index is 0.175. The van der Waals surface area contributed by atoms with Gasteiger partial charge < -0.3 is 14.9 Å². The number of anilines is 1. The number of hydrogen-bond acceptors (Lipinski definition) is 6. The Hall–Kier alpha value is -6.42. The summed E-state index contributed by atoms with van der Waals surface area (Å²) in [6.07, 6.45) is 0.605. The molecule has 62 heavy (non-hydrogen) atoms. The monoisotopic (exact) mass is 832 g/mol. The first-order valence-electron chi connectivity index (χ1n) is 21.4. The van der Waals surface area contributed by atoms with Crippen LogP contribution in [0.5, 0.6) is 0 Å². The smallest absolute Gasteiger partial charge is 0.351 e. The maximum absolute atomic E-state index is 14.3. The topological polar surface area (TPSA) is 82.6 Å². The number of nitrogens with two attached hydrogens (primary N) is 1. The lowest BCUT2D eigenvalue weighted by atomic mass is 9.75. The van der Waals surface area contributed by atoms with Crippen LogP contribution in [0.15, 0.2) is 205 Å². The molecule has 0 spiro atoms. The van der Waals surface area contributed by atoms with Crippen molar-refractivity contribution in [1.82, 2.24) is 14.5 Å². The summed E-state index contributed by atoms with van der Waals surface area (Å²) in [5.74, 6) is 0.175. The molecule has 1 fully saturated rings. The van der Waals surface area contributed by atoms with Crippen molar-refractivity contribution in [2.45, 2.75) is 43.7 Å². The number of benzene rings is 7. The zero-order valence-electron chi connectivity index (χ0n) is 35.5. The fraction of sp³-hybridized carbons (Fsp3) is 0.185. The summed E-state index contributed by atoms with van der Waals surface area (Å²) in [6, 6.07) is 67.7. The third-order valence-electron chi connectivity index (χ3n) is 12.5. The van der Waals surface area contributed by atoms with E-state index in [1.54, 1.807) is 4.57 Å². The molecule has 1 saturated heterocycles. The second-order valence-corrected chi connectivity index (χ2v) is 21.5. The lowest BCUT2D eigenvalue weighted by Gasteiger charge is -2.51. The van der Waals surface area contributed by atoms with Crippen LogP contribution < -0.4 is 21.8 Å². The first-order valence-corrected chi connectivity index (χ1v) is 23.3. The van der Waals surface area contributed by atoms with E-state index in [0.717, 1.165) is 33.0 Å². The highest BCUT2D eigenvalue weighted by atomic mass is 28.4. The van der Waals surface area contributed by atoms with Crippen molar-refractivity contribution >= 4 is 35.3 Å². The number of hydrogen-bond donors (Lipinski definition) is 1. The predicted octanol–water partition coefficient (Wildman–Crippen LogP) is 9.41. The first-order chi connectivity index (χ1) is 30.2. The Morgan fingerprint density at radius 1 is 0.629 bits per heavy atom. The van der Waals surface area contributed by atoms with Gasteiger partial charge in [0.25, 0.3) is 8.32 Å². The molecule has 2 heterocycles. The van der Waals surface area contributed by atoms with Crippen molar-refractivity contribution < 1.29 is 9.16 Å². The first kappa shape index (κ1) is 41.0. The normalized spacial score (nSPS) is 16.3. The van der Waals surface area contributed by atoms with Gasteiger partial charge in [-0.2, -0.15) is 4.98 Å². The van der Waals surface area contributed by atoms with Crippen LogP contribution in [-0.2, 0) is 14.7 Å². The van der Waals surface area contributed by atoms with E-state index in [1.165, 1.54) is 10.4 Å². The zero-order valence-corrected chi connectivity index (χ0v) is 36.5. The average Bonchev–Trinajstić information content (AvgIpc) is 3.31. The SMILES string of the molecule is CC(C)(C)[Si](OC[C@@H]1CN(C(c2ccccc2)(c2ccccc2)c2ccccc2)C[C@H](n2cc(-c3cccc4ccccc34)c(N)nc2=O)O1)(c1ccccc1)c1ccccc1. The van der Waals surface area contributed by atoms with Crippen LogP contribution in [0.3, 0.4) is 0 Å². The summed E-state index contributed by atoms with van der Waals surface area (Å²) in [5.41, 5.74) is 10.3. The van der Waals surface area contributed by atoms with Gasteiger partial charge in [-0.25, -0.2) is 4.79 Å². The van der Waals surface area contributed by atoms with E-state index >= 15 is 0 Å². The molecule has 8 aromatic rings. The maximum atomic E-state index is 14.3. The minimum Gasteiger partial charge on any atom is -0.405 e. The number of morpholine rings is 1. The summed E-state index contributed by atoms with van der Waals surface area (Å²) in [5, 5.41) is 4.22. The van der Waals surface area contributed by atoms with Crippen LogP contribution in [0.2, 0.25) is 5.04 Å². The van der Waals surface area contributed by atoms with Crippen LogP contribution in [0.1, 0.15) is 43.7 Å². The minimum atomic E-state index is -2.99. The number of aromatic nitrogens is 2. The van der Waals surface area contributed by atoms with Crippen LogP contribution in [0, 0.1) is 0 Å². The maximum Gasteiger partial charge on any atom is 0.351 e. The number of nitrogen functional groups attached to an aromatic ring is 1. The third kappa shape index (κ3) is 7.39. The van der Waals surface area contributed by atoms with Gasteiger partial charge in [0.2, 0.25) is 0 Å². The van der Waals surface area contributed by atoms with E-state index in [9.17, 15) is 4.79 Å². The fourth-order valence-electron chi connectivity index (χ4n) is 9.76. The van der Waals surface area contributed by atoms with Crippen LogP contribution in [0.25, 0.3) is 21.9 Å².